The molecule has 0 aliphatic carbocycles. The molecule has 4 aromatic carbocycles. The van der Waals surface area contributed by atoms with E-state index in [1.165, 1.54) is 36.4 Å². The van der Waals surface area contributed by atoms with E-state index in [-0.39, 0.29) is 35.1 Å². The van der Waals surface area contributed by atoms with Gasteiger partial charge >= 0.3 is 5.97 Å². The van der Waals surface area contributed by atoms with E-state index in [1.807, 2.05) is 36.4 Å². The van der Waals surface area contributed by atoms with Crippen LogP contribution in [0.2, 0.25) is 0 Å². The molecule has 1 amide bonds. The van der Waals surface area contributed by atoms with Gasteiger partial charge in [-0.25, -0.2) is 4.79 Å². The van der Waals surface area contributed by atoms with Crippen LogP contribution in [0.5, 0.6) is 11.5 Å². The standard InChI is InChI=1S/C29H20BrN3O6/c1-2-38-26-15-18(13-20(17-31)28(34)32-21-9-6-10-22(16-21)33(36)37)14-25(30)27(26)39-29(35)24-12-5-8-19-7-3-4-11-23(19)24/h3-16H,2H2,1H3,(H,32,34)/b20-13+. The zero-order chi connectivity index (χ0) is 27.9. The zero-order valence-electron chi connectivity index (χ0n) is 20.5. The predicted molar refractivity (Wildman–Crippen MR) is 150 cm³/mol. The molecule has 0 saturated carbocycles. The number of esters is 1. The molecule has 0 heterocycles. The van der Waals surface area contributed by atoms with Gasteiger partial charge in [-0.2, -0.15) is 5.26 Å². The summed E-state index contributed by atoms with van der Waals surface area (Å²) in [5.74, 6) is -0.959. The van der Waals surface area contributed by atoms with Crippen molar-refractivity contribution in [3.63, 3.8) is 0 Å². The molecule has 0 aliphatic heterocycles. The van der Waals surface area contributed by atoms with Crippen molar-refractivity contribution >= 4 is 56.0 Å². The van der Waals surface area contributed by atoms with Crippen LogP contribution >= 0.6 is 15.9 Å². The summed E-state index contributed by atoms with van der Waals surface area (Å²) in [6, 6.07) is 23.1. The van der Waals surface area contributed by atoms with E-state index in [9.17, 15) is 25.0 Å². The lowest BCUT2D eigenvalue weighted by Gasteiger charge is -2.14. The second-order valence-electron chi connectivity index (χ2n) is 8.11. The molecule has 0 aliphatic rings. The van der Waals surface area contributed by atoms with Crippen molar-refractivity contribution in [1.29, 1.82) is 5.26 Å². The first kappa shape index (κ1) is 27.0. The van der Waals surface area contributed by atoms with E-state index < -0.39 is 16.8 Å². The van der Waals surface area contributed by atoms with Crippen LogP contribution in [0, 0.1) is 21.4 Å². The van der Waals surface area contributed by atoms with E-state index in [0.717, 1.165) is 10.8 Å². The number of nitro benzene ring substituents is 1. The molecule has 4 aromatic rings. The van der Waals surface area contributed by atoms with E-state index in [1.54, 1.807) is 25.1 Å². The lowest BCUT2D eigenvalue weighted by molar-refractivity contribution is -0.384. The number of hydrogen-bond donors (Lipinski definition) is 1. The average molecular weight is 586 g/mol. The first-order chi connectivity index (χ1) is 18.8. The molecule has 0 bridgehead atoms. The number of nitriles is 1. The number of nitrogens with zero attached hydrogens (tertiary/aromatic N) is 2. The summed E-state index contributed by atoms with van der Waals surface area (Å²) in [6.07, 6.45) is 1.33. The summed E-state index contributed by atoms with van der Waals surface area (Å²) in [5.41, 5.74) is 0.518. The molecule has 0 fully saturated rings. The fourth-order valence-electron chi connectivity index (χ4n) is 3.80. The van der Waals surface area contributed by atoms with Gasteiger partial charge in [0, 0.05) is 17.8 Å². The lowest BCUT2D eigenvalue weighted by atomic mass is 10.0. The number of carbonyl (C=O) groups excluding carboxylic acids is 2. The first-order valence-corrected chi connectivity index (χ1v) is 12.4. The normalized spacial score (nSPS) is 10.9. The van der Waals surface area contributed by atoms with Crippen molar-refractivity contribution in [2.24, 2.45) is 0 Å². The fourth-order valence-corrected chi connectivity index (χ4v) is 4.34. The Hall–Kier alpha value is -5.01. The monoisotopic (exact) mass is 585 g/mol. The molecule has 0 aromatic heterocycles. The van der Waals surface area contributed by atoms with Gasteiger partial charge in [0.25, 0.3) is 11.6 Å². The Labute approximate surface area is 231 Å². The van der Waals surface area contributed by atoms with Gasteiger partial charge in [0.05, 0.1) is 21.6 Å². The van der Waals surface area contributed by atoms with Gasteiger partial charge in [0.1, 0.15) is 11.6 Å². The second-order valence-corrected chi connectivity index (χ2v) is 8.96. The van der Waals surface area contributed by atoms with Crippen LogP contribution in [-0.2, 0) is 4.79 Å². The Kier molecular flexibility index (Phi) is 8.33. The maximum Gasteiger partial charge on any atom is 0.344 e. The SMILES string of the molecule is CCOc1cc(/C=C(\C#N)C(=O)Nc2cccc([N+](=O)[O-])c2)cc(Br)c1OC(=O)c1cccc2ccccc12. The Morgan fingerprint density at radius 1 is 1.08 bits per heavy atom. The molecule has 0 radical (unpaired) electrons. The Morgan fingerprint density at radius 2 is 1.82 bits per heavy atom. The molecular formula is C29H20BrN3O6. The van der Waals surface area contributed by atoms with Crippen LogP contribution in [0.3, 0.4) is 0 Å². The zero-order valence-corrected chi connectivity index (χ0v) is 22.1. The van der Waals surface area contributed by atoms with Gasteiger partial charge in [-0.1, -0.05) is 42.5 Å². The summed E-state index contributed by atoms with van der Waals surface area (Å²) in [4.78, 5) is 36.3. The number of fused-ring (bicyclic) bond motifs is 1. The largest absolute Gasteiger partial charge is 0.490 e. The van der Waals surface area contributed by atoms with E-state index in [0.29, 0.717) is 15.6 Å². The van der Waals surface area contributed by atoms with Crippen molar-refractivity contribution in [2.45, 2.75) is 6.92 Å². The van der Waals surface area contributed by atoms with E-state index in [4.69, 9.17) is 9.47 Å². The minimum atomic E-state index is -0.751. The number of rotatable bonds is 8. The molecule has 194 valence electrons. The first-order valence-electron chi connectivity index (χ1n) is 11.6. The molecule has 0 spiro atoms. The summed E-state index contributed by atoms with van der Waals surface area (Å²) >= 11 is 3.41. The third-order valence-corrected chi connectivity index (χ3v) is 6.12. The maximum atomic E-state index is 13.1. The number of nitrogens with one attached hydrogen (secondary N) is 1. The number of benzene rings is 4. The molecule has 10 heteroatoms. The van der Waals surface area contributed by atoms with Gasteiger partial charge in [0.2, 0.25) is 0 Å². The van der Waals surface area contributed by atoms with Crippen LogP contribution < -0.4 is 14.8 Å². The lowest BCUT2D eigenvalue weighted by Crippen LogP contribution is -2.13. The Bertz CT molecular complexity index is 1670. The predicted octanol–water partition coefficient (Wildman–Crippen LogP) is 6.67. The highest BCUT2D eigenvalue weighted by atomic mass is 79.9. The van der Waals surface area contributed by atoms with Crippen molar-refractivity contribution in [3.8, 4) is 17.6 Å². The van der Waals surface area contributed by atoms with Gasteiger partial charge in [-0.3, -0.25) is 14.9 Å². The minimum absolute atomic E-state index is 0.145. The van der Waals surface area contributed by atoms with Crippen LogP contribution in [0.25, 0.3) is 16.8 Å². The molecule has 1 N–H and O–H groups in total. The summed E-state index contributed by atoms with van der Waals surface area (Å²) in [5, 5.41) is 24.7. The highest BCUT2D eigenvalue weighted by Gasteiger charge is 2.20. The second kappa shape index (κ2) is 12.0. The van der Waals surface area contributed by atoms with Crippen molar-refractivity contribution in [2.75, 3.05) is 11.9 Å². The third-order valence-electron chi connectivity index (χ3n) is 5.53. The van der Waals surface area contributed by atoms with Crippen molar-refractivity contribution in [1.82, 2.24) is 0 Å². The highest BCUT2D eigenvalue weighted by Crippen LogP contribution is 2.38. The number of amides is 1. The van der Waals surface area contributed by atoms with E-state index >= 15 is 0 Å². The number of anilines is 1. The summed E-state index contributed by atoms with van der Waals surface area (Å²) < 4.78 is 11.8. The number of non-ortho nitro benzene ring substituents is 1. The highest BCUT2D eigenvalue weighted by molar-refractivity contribution is 9.10. The molecule has 9 nitrogen and oxygen atoms in total. The number of carbonyl (C=O) groups is 2. The molecule has 0 atom stereocenters. The van der Waals surface area contributed by atoms with Crippen LogP contribution in [0.1, 0.15) is 22.8 Å². The van der Waals surface area contributed by atoms with Crippen LogP contribution in [0.15, 0.2) is 88.9 Å². The molecular weight excluding hydrogens is 566 g/mol. The molecule has 0 unspecified atom stereocenters. The average Bonchev–Trinajstić information content (AvgIpc) is 2.93. The smallest absolute Gasteiger partial charge is 0.344 e. The Morgan fingerprint density at radius 3 is 2.56 bits per heavy atom. The van der Waals surface area contributed by atoms with Crippen molar-refractivity contribution < 1.29 is 24.0 Å². The number of nitro groups is 1. The van der Waals surface area contributed by atoms with Crippen molar-refractivity contribution in [3.05, 3.63) is 110 Å². The van der Waals surface area contributed by atoms with E-state index in [2.05, 4.69) is 21.2 Å². The molecule has 0 saturated heterocycles. The summed E-state index contributed by atoms with van der Waals surface area (Å²) in [7, 11) is 0. The topological polar surface area (TPSA) is 132 Å². The van der Waals surface area contributed by atoms with Gasteiger partial charge in [-0.15, -0.1) is 0 Å². The summed E-state index contributed by atoms with van der Waals surface area (Å²) in [6.45, 7) is 2.02. The third kappa shape index (κ3) is 6.29. The maximum absolute atomic E-state index is 13.1. The van der Waals surface area contributed by atoms with Crippen LogP contribution in [0.4, 0.5) is 11.4 Å². The fraction of sp³-hybridized carbons (Fsp3) is 0.0690. The van der Waals surface area contributed by atoms with Crippen LogP contribution in [-0.4, -0.2) is 23.4 Å². The Balaban J connectivity index is 1.63. The van der Waals surface area contributed by atoms with Gasteiger partial charge < -0.3 is 14.8 Å². The number of halogens is 1. The molecule has 39 heavy (non-hydrogen) atoms. The molecule has 4 rings (SSSR count). The minimum Gasteiger partial charge on any atom is -0.490 e. The van der Waals surface area contributed by atoms with Gasteiger partial charge in [-0.05, 0) is 69.5 Å². The number of ether oxygens (including phenoxy) is 2. The quantitative estimate of drug-likeness (QED) is 0.0609. The van der Waals surface area contributed by atoms with Gasteiger partial charge in [0.15, 0.2) is 11.5 Å². The number of hydrogen-bond acceptors (Lipinski definition) is 7.